The molecule has 0 radical (unpaired) electrons. The molecule has 0 aliphatic heterocycles. The Kier molecular flexibility index (Phi) is 4.38. The molecule has 1 aromatic rings. The molecule has 1 heterocycles. The van der Waals surface area contributed by atoms with E-state index < -0.39 is 27.7 Å². The minimum Gasteiger partial charge on any atom is -0.477 e. The summed E-state index contributed by atoms with van der Waals surface area (Å²) in [7, 11) is 0. The third-order valence-corrected chi connectivity index (χ3v) is 2.87. The monoisotopic (exact) mass is 269 g/mol. The van der Waals surface area contributed by atoms with E-state index in [1.807, 2.05) is 6.92 Å². The second-order valence-corrected chi connectivity index (χ2v) is 4.35. The van der Waals surface area contributed by atoms with Crippen LogP contribution in [0.1, 0.15) is 30.6 Å². The quantitative estimate of drug-likeness (QED) is 0.524. The van der Waals surface area contributed by atoms with Crippen molar-refractivity contribution >= 4 is 17.5 Å². The van der Waals surface area contributed by atoms with Gasteiger partial charge in [0.25, 0.3) is 0 Å². The number of nitro groups is 1. The third kappa shape index (κ3) is 3.38. The molecule has 104 valence electrons. The lowest BCUT2D eigenvalue weighted by molar-refractivity contribution is -0.385. The summed E-state index contributed by atoms with van der Waals surface area (Å²) in [6, 6.07) is 1.09. The van der Waals surface area contributed by atoms with Crippen molar-refractivity contribution < 1.29 is 19.9 Å². The van der Waals surface area contributed by atoms with Gasteiger partial charge in [-0.1, -0.05) is 6.92 Å². The standard InChI is InChI=1S/C11H15N3O5/c1-3-11(2,6-15)13-9-4-7(10(16)17)8(5-12-9)14(18)19/h4-5,15H,3,6H2,1-2H3,(H,12,13)(H,16,17). The average Bonchev–Trinajstić information content (AvgIpc) is 2.38. The fraction of sp³-hybridized carbons (Fsp3) is 0.455. The number of pyridine rings is 1. The highest BCUT2D eigenvalue weighted by Gasteiger charge is 2.25. The molecule has 8 nitrogen and oxygen atoms in total. The summed E-state index contributed by atoms with van der Waals surface area (Å²) in [4.78, 5) is 24.6. The number of hydrogen-bond acceptors (Lipinski definition) is 6. The molecule has 1 aromatic heterocycles. The van der Waals surface area contributed by atoms with Crippen LogP contribution in [-0.2, 0) is 0 Å². The van der Waals surface area contributed by atoms with E-state index in [0.29, 0.717) is 6.42 Å². The van der Waals surface area contributed by atoms with Gasteiger partial charge in [0.05, 0.1) is 17.1 Å². The van der Waals surface area contributed by atoms with Crippen molar-refractivity contribution in [3.63, 3.8) is 0 Å². The lowest BCUT2D eigenvalue weighted by Gasteiger charge is -2.27. The van der Waals surface area contributed by atoms with Crippen molar-refractivity contribution in [3.05, 3.63) is 27.9 Å². The Bertz CT molecular complexity index is 499. The fourth-order valence-corrected chi connectivity index (χ4v) is 1.38. The molecule has 0 aliphatic carbocycles. The molecule has 1 unspecified atom stereocenters. The van der Waals surface area contributed by atoms with Crippen molar-refractivity contribution in [3.8, 4) is 0 Å². The SMILES string of the molecule is CCC(C)(CO)Nc1cc(C(=O)O)c([N+](=O)[O-])cn1. The molecule has 0 fully saturated rings. The van der Waals surface area contributed by atoms with Gasteiger partial charge in [0.2, 0.25) is 0 Å². The van der Waals surface area contributed by atoms with Crippen LogP contribution in [-0.4, -0.2) is 38.2 Å². The first-order chi connectivity index (χ1) is 8.83. The molecule has 0 amide bonds. The fourth-order valence-electron chi connectivity index (χ4n) is 1.38. The molecule has 1 rings (SSSR count). The number of carbonyl (C=O) groups is 1. The second-order valence-electron chi connectivity index (χ2n) is 4.35. The number of nitrogens with zero attached hydrogens (tertiary/aromatic N) is 2. The summed E-state index contributed by atoms with van der Waals surface area (Å²) in [5, 5.41) is 31.7. The van der Waals surface area contributed by atoms with E-state index in [0.717, 1.165) is 12.3 Å². The van der Waals surface area contributed by atoms with Crippen LogP contribution in [0.2, 0.25) is 0 Å². The highest BCUT2D eigenvalue weighted by molar-refractivity contribution is 5.93. The van der Waals surface area contributed by atoms with Crippen LogP contribution >= 0.6 is 0 Å². The van der Waals surface area contributed by atoms with Gasteiger partial charge in [-0.2, -0.15) is 0 Å². The lowest BCUT2D eigenvalue weighted by Crippen LogP contribution is -2.38. The maximum absolute atomic E-state index is 11.0. The number of anilines is 1. The third-order valence-electron chi connectivity index (χ3n) is 2.87. The molecule has 0 saturated heterocycles. The summed E-state index contributed by atoms with van der Waals surface area (Å²) < 4.78 is 0. The zero-order valence-electron chi connectivity index (χ0n) is 10.6. The molecule has 0 saturated carbocycles. The number of carboxylic acids is 1. The average molecular weight is 269 g/mol. The number of aliphatic hydroxyl groups is 1. The second kappa shape index (κ2) is 5.61. The first kappa shape index (κ1) is 14.8. The molecule has 0 aliphatic rings. The highest BCUT2D eigenvalue weighted by atomic mass is 16.6. The van der Waals surface area contributed by atoms with E-state index in [9.17, 15) is 20.0 Å². The van der Waals surface area contributed by atoms with E-state index in [2.05, 4.69) is 10.3 Å². The normalized spacial score (nSPS) is 13.6. The zero-order valence-corrected chi connectivity index (χ0v) is 10.6. The molecular weight excluding hydrogens is 254 g/mol. The zero-order chi connectivity index (χ0) is 14.6. The Morgan fingerprint density at radius 1 is 1.63 bits per heavy atom. The number of carboxylic acid groups (broad SMARTS) is 1. The van der Waals surface area contributed by atoms with Crippen LogP contribution in [0.25, 0.3) is 0 Å². The predicted molar refractivity (Wildman–Crippen MR) is 67.3 cm³/mol. The minimum atomic E-state index is -1.40. The molecule has 19 heavy (non-hydrogen) atoms. The van der Waals surface area contributed by atoms with Gasteiger partial charge in [0.15, 0.2) is 0 Å². The number of nitrogens with one attached hydrogen (secondary N) is 1. The van der Waals surface area contributed by atoms with E-state index in [4.69, 9.17) is 5.11 Å². The van der Waals surface area contributed by atoms with Crippen molar-refractivity contribution in [2.45, 2.75) is 25.8 Å². The highest BCUT2D eigenvalue weighted by Crippen LogP contribution is 2.23. The largest absolute Gasteiger partial charge is 0.477 e. The predicted octanol–water partition coefficient (Wildman–Crippen LogP) is 1.26. The maximum Gasteiger partial charge on any atom is 0.342 e. The Morgan fingerprint density at radius 3 is 2.68 bits per heavy atom. The Hall–Kier alpha value is -2.22. The van der Waals surface area contributed by atoms with Crippen LogP contribution in [0.4, 0.5) is 11.5 Å². The summed E-state index contributed by atoms with van der Waals surface area (Å²) in [6.45, 7) is 3.40. The lowest BCUT2D eigenvalue weighted by atomic mass is 10.0. The van der Waals surface area contributed by atoms with Crippen LogP contribution in [0, 0.1) is 10.1 Å². The number of rotatable bonds is 6. The van der Waals surface area contributed by atoms with Crippen LogP contribution in [0.5, 0.6) is 0 Å². The van der Waals surface area contributed by atoms with Crippen molar-refractivity contribution in [2.24, 2.45) is 0 Å². The number of hydrogen-bond donors (Lipinski definition) is 3. The van der Waals surface area contributed by atoms with Crippen LogP contribution in [0.3, 0.4) is 0 Å². The number of aliphatic hydroxyl groups excluding tert-OH is 1. The topological polar surface area (TPSA) is 126 Å². The van der Waals surface area contributed by atoms with Gasteiger partial charge in [-0.25, -0.2) is 9.78 Å². The maximum atomic E-state index is 11.0. The smallest absolute Gasteiger partial charge is 0.342 e. The summed E-state index contributed by atoms with van der Waals surface area (Å²) in [5.41, 5.74) is -1.68. The molecule has 0 aromatic carbocycles. The Balaban J connectivity index is 3.16. The van der Waals surface area contributed by atoms with E-state index >= 15 is 0 Å². The first-order valence-corrected chi connectivity index (χ1v) is 5.59. The van der Waals surface area contributed by atoms with Gasteiger partial charge in [0, 0.05) is 6.07 Å². The van der Waals surface area contributed by atoms with Crippen molar-refractivity contribution in [1.82, 2.24) is 4.98 Å². The minimum absolute atomic E-state index is 0.168. The van der Waals surface area contributed by atoms with Gasteiger partial charge in [-0.15, -0.1) is 0 Å². The van der Waals surface area contributed by atoms with Gasteiger partial charge >= 0.3 is 11.7 Å². The van der Waals surface area contributed by atoms with Gasteiger partial charge < -0.3 is 15.5 Å². The first-order valence-electron chi connectivity index (χ1n) is 5.59. The van der Waals surface area contributed by atoms with Crippen molar-refractivity contribution in [1.29, 1.82) is 0 Å². The molecule has 8 heteroatoms. The summed E-state index contributed by atoms with van der Waals surface area (Å²) in [6.07, 6.45) is 1.46. The van der Waals surface area contributed by atoms with Gasteiger partial charge in [-0.3, -0.25) is 10.1 Å². The number of aromatic carboxylic acids is 1. The van der Waals surface area contributed by atoms with Crippen molar-refractivity contribution in [2.75, 3.05) is 11.9 Å². The molecular formula is C11H15N3O5. The number of aromatic nitrogens is 1. The van der Waals surface area contributed by atoms with Gasteiger partial charge in [-0.05, 0) is 13.3 Å². The molecule has 1 atom stereocenters. The van der Waals surface area contributed by atoms with E-state index in [1.54, 1.807) is 6.92 Å². The van der Waals surface area contributed by atoms with Crippen LogP contribution in [0.15, 0.2) is 12.3 Å². The summed E-state index contributed by atoms with van der Waals surface area (Å²) in [5.74, 6) is -1.24. The molecule has 0 bridgehead atoms. The van der Waals surface area contributed by atoms with Crippen LogP contribution < -0.4 is 5.32 Å². The Morgan fingerprint density at radius 2 is 2.26 bits per heavy atom. The van der Waals surface area contributed by atoms with E-state index in [-0.39, 0.29) is 12.4 Å². The van der Waals surface area contributed by atoms with E-state index in [1.165, 1.54) is 0 Å². The molecule has 3 N–H and O–H groups in total. The summed E-state index contributed by atoms with van der Waals surface area (Å²) >= 11 is 0. The Labute approximate surface area is 109 Å². The van der Waals surface area contributed by atoms with Gasteiger partial charge in [0.1, 0.15) is 17.6 Å². The molecule has 0 spiro atoms.